The van der Waals surface area contributed by atoms with E-state index in [1.807, 2.05) is 0 Å². The number of benzene rings is 1. The van der Waals surface area contributed by atoms with Crippen molar-refractivity contribution in [1.29, 1.82) is 0 Å². The highest BCUT2D eigenvalue weighted by Gasteiger charge is 2.24. The van der Waals surface area contributed by atoms with E-state index in [2.05, 4.69) is 20.6 Å². The summed E-state index contributed by atoms with van der Waals surface area (Å²) in [5.74, 6) is -0.725. The number of halogens is 3. The number of amides is 1. The fourth-order valence-electron chi connectivity index (χ4n) is 2.14. The molecule has 12 heteroatoms. The van der Waals surface area contributed by atoms with Gasteiger partial charge in [-0.2, -0.15) is 10.2 Å². The monoisotopic (exact) mass is 414 g/mol. The van der Waals surface area contributed by atoms with Gasteiger partial charge >= 0.3 is 5.69 Å². The van der Waals surface area contributed by atoms with Crippen molar-refractivity contribution in [2.24, 2.45) is 0 Å². The Bertz CT molecular complexity index is 1000. The molecule has 1 amide bonds. The van der Waals surface area contributed by atoms with Crippen molar-refractivity contribution in [2.45, 2.75) is 6.54 Å². The Labute approximate surface area is 161 Å². The number of carbonyl (C=O) groups is 1. The van der Waals surface area contributed by atoms with Gasteiger partial charge in [-0.1, -0.05) is 40.9 Å². The summed E-state index contributed by atoms with van der Waals surface area (Å²) in [4.78, 5) is 22.3. The number of carbonyl (C=O) groups excluding carboxylic acids is 1. The van der Waals surface area contributed by atoms with Crippen LogP contribution in [0, 0.1) is 10.1 Å². The van der Waals surface area contributed by atoms with Crippen molar-refractivity contribution in [2.75, 3.05) is 5.32 Å². The Kier molecular flexibility index (Phi) is 5.12. The lowest BCUT2D eigenvalue weighted by atomic mass is 10.2. The number of hydrogen-bond acceptors (Lipinski definition) is 5. The van der Waals surface area contributed by atoms with E-state index in [9.17, 15) is 14.9 Å². The molecule has 1 aromatic carbocycles. The van der Waals surface area contributed by atoms with Crippen molar-refractivity contribution < 1.29 is 9.72 Å². The third kappa shape index (κ3) is 3.79. The van der Waals surface area contributed by atoms with E-state index in [4.69, 9.17) is 34.8 Å². The molecule has 3 aromatic rings. The molecule has 2 aromatic heterocycles. The number of H-pyrrole nitrogens is 1. The fourth-order valence-corrected chi connectivity index (χ4v) is 2.66. The zero-order valence-electron chi connectivity index (χ0n) is 12.7. The second-order valence-electron chi connectivity index (χ2n) is 5.11. The highest BCUT2D eigenvalue weighted by Crippen LogP contribution is 2.25. The van der Waals surface area contributed by atoms with E-state index in [0.29, 0.717) is 16.6 Å². The Hall–Kier alpha value is -2.62. The lowest BCUT2D eigenvalue weighted by Gasteiger charge is -2.04. The van der Waals surface area contributed by atoms with Crippen molar-refractivity contribution in [1.82, 2.24) is 20.0 Å². The van der Waals surface area contributed by atoms with Crippen LogP contribution in [-0.4, -0.2) is 30.8 Å². The van der Waals surface area contributed by atoms with Crippen LogP contribution in [-0.2, 0) is 6.54 Å². The topological polar surface area (TPSA) is 119 Å². The summed E-state index contributed by atoms with van der Waals surface area (Å²) in [6, 6.07) is 5.12. The first-order chi connectivity index (χ1) is 12.3. The Morgan fingerprint density at radius 3 is 2.73 bits per heavy atom. The maximum absolute atomic E-state index is 12.2. The molecule has 0 saturated heterocycles. The van der Waals surface area contributed by atoms with Crippen LogP contribution in [0.3, 0.4) is 0 Å². The van der Waals surface area contributed by atoms with Crippen molar-refractivity contribution in [3.8, 4) is 0 Å². The minimum Gasteiger partial charge on any atom is -0.302 e. The van der Waals surface area contributed by atoms with E-state index >= 15 is 0 Å². The lowest BCUT2D eigenvalue weighted by Crippen LogP contribution is -2.15. The third-order valence-electron chi connectivity index (χ3n) is 3.32. The number of nitro groups is 1. The average molecular weight is 416 g/mol. The molecule has 0 aliphatic heterocycles. The molecular formula is C14H9Cl3N6O3. The molecule has 0 spiro atoms. The molecule has 0 aliphatic rings. The summed E-state index contributed by atoms with van der Waals surface area (Å²) >= 11 is 17.9. The maximum Gasteiger partial charge on any atom is 0.319 e. The van der Waals surface area contributed by atoms with Crippen LogP contribution in [0.1, 0.15) is 16.1 Å². The summed E-state index contributed by atoms with van der Waals surface area (Å²) in [5.41, 5.74) is 0.0691. The average Bonchev–Trinajstić information content (AvgIpc) is 3.18. The number of nitrogens with one attached hydrogen (secondary N) is 2. The molecule has 2 N–H and O–H groups in total. The third-order valence-corrected chi connectivity index (χ3v) is 4.34. The van der Waals surface area contributed by atoms with Gasteiger partial charge in [-0.15, -0.1) is 0 Å². The summed E-state index contributed by atoms with van der Waals surface area (Å²) in [7, 11) is 0. The lowest BCUT2D eigenvalue weighted by molar-refractivity contribution is -0.385. The van der Waals surface area contributed by atoms with E-state index in [1.165, 1.54) is 10.9 Å². The summed E-state index contributed by atoms with van der Waals surface area (Å²) in [6.07, 6.45) is 2.44. The van der Waals surface area contributed by atoms with Gasteiger partial charge < -0.3 is 5.32 Å². The van der Waals surface area contributed by atoms with Gasteiger partial charge in [0.25, 0.3) is 5.91 Å². The first kappa shape index (κ1) is 18.2. The van der Waals surface area contributed by atoms with E-state index in [-0.39, 0.29) is 16.5 Å². The quantitative estimate of drug-likeness (QED) is 0.485. The van der Waals surface area contributed by atoms with E-state index in [1.54, 1.807) is 18.2 Å². The second kappa shape index (κ2) is 7.32. The predicted molar refractivity (Wildman–Crippen MR) is 96.0 cm³/mol. The molecule has 0 saturated carbocycles. The SMILES string of the molecule is O=C(Nc1nn(Cc2ccc(Cl)c(Cl)c2)cc1Cl)c1[nH]ncc1[N+](=O)[O-]. The molecule has 2 heterocycles. The van der Waals surface area contributed by atoms with Gasteiger partial charge in [-0.05, 0) is 17.7 Å². The zero-order valence-corrected chi connectivity index (χ0v) is 15.0. The minimum absolute atomic E-state index is 0.0561. The molecule has 9 nitrogen and oxygen atoms in total. The number of hydrogen-bond donors (Lipinski definition) is 2. The first-order valence-electron chi connectivity index (χ1n) is 7.01. The number of aromatic amines is 1. The molecule has 0 aliphatic carbocycles. The first-order valence-corrected chi connectivity index (χ1v) is 8.14. The summed E-state index contributed by atoms with van der Waals surface area (Å²) in [6.45, 7) is 0.330. The number of rotatable bonds is 5. The summed E-state index contributed by atoms with van der Waals surface area (Å²) < 4.78 is 1.49. The van der Waals surface area contributed by atoms with Crippen LogP contribution in [0.25, 0.3) is 0 Å². The molecule has 134 valence electrons. The Morgan fingerprint density at radius 2 is 2.04 bits per heavy atom. The van der Waals surface area contributed by atoms with Gasteiger partial charge in [0.1, 0.15) is 11.2 Å². The number of anilines is 1. The second-order valence-corrected chi connectivity index (χ2v) is 6.33. The van der Waals surface area contributed by atoms with Crippen molar-refractivity contribution in [3.63, 3.8) is 0 Å². The molecule has 26 heavy (non-hydrogen) atoms. The standard InChI is InChI=1S/C14H9Cl3N6O3/c15-8-2-1-7(3-9(8)16)5-22-6-10(17)13(21-22)19-14(24)12-11(23(25)26)4-18-20-12/h1-4,6H,5H2,(H,18,20)(H,19,21,24). The summed E-state index contributed by atoms with van der Waals surface area (Å²) in [5, 5.41) is 24.2. The van der Waals surface area contributed by atoms with Gasteiger partial charge in [-0.3, -0.25) is 24.7 Å². The predicted octanol–water partition coefficient (Wildman–Crippen LogP) is 3.78. The van der Waals surface area contributed by atoms with Gasteiger partial charge in [0, 0.05) is 6.20 Å². The molecule has 0 atom stereocenters. The normalized spacial score (nSPS) is 10.7. The highest BCUT2D eigenvalue weighted by atomic mass is 35.5. The Morgan fingerprint density at radius 1 is 1.27 bits per heavy atom. The Balaban J connectivity index is 1.77. The van der Waals surface area contributed by atoms with Crippen LogP contribution in [0.15, 0.2) is 30.6 Å². The van der Waals surface area contributed by atoms with Crippen molar-refractivity contribution in [3.05, 3.63) is 67.0 Å². The smallest absolute Gasteiger partial charge is 0.302 e. The maximum atomic E-state index is 12.2. The van der Waals surface area contributed by atoms with Crippen molar-refractivity contribution >= 4 is 52.2 Å². The van der Waals surface area contributed by atoms with Crippen LogP contribution in [0.4, 0.5) is 11.5 Å². The van der Waals surface area contributed by atoms with E-state index in [0.717, 1.165) is 11.8 Å². The molecule has 0 radical (unpaired) electrons. The molecule has 0 unspecified atom stereocenters. The molecule has 0 bridgehead atoms. The largest absolute Gasteiger partial charge is 0.319 e. The van der Waals surface area contributed by atoms with Gasteiger partial charge in [-0.25, -0.2) is 0 Å². The van der Waals surface area contributed by atoms with Crippen LogP contribution < -0.4 is 5.32 Å². The number of nitrogens with zero attached hydrogens (tertiary/aromatic N) is 4. The van der Waals surface area contributed by atoms with Gasteiger partial charge in [0.15, 0.2) is 5.82 Å². The van der Waals surface area contributed by atoms with E-state index < -0.39 is 16.5 Å². The van der Waals surface area contributed by atoms with Gasteiger partial charge in [0.05, 0.1) is 21.5 Å². The molecule has 3 rings (SSSR count). The molecular weight excluding hydrogens is 407 g/mol. The van der Waals surface area contributed by atoms with Crippen LogP contribution in [0.5, 0.6) is 0 Å². The minimum atomic E-state index is -0.782. The van der Waals surface area contributed by atoms with Gasteiger partial charge in [0.2, 0.25) is 5.69 Å². The highest BCUT2D eigenvalue weighted by molar-refractivity contribution is 6.42. The molecule has 0 fully saturated rings. The number of aromatic nitrogens is 4. The fraction of sp³-hybridized carbons (Fsp3) is 0.0714. The van der Waals surface area contributed by atoms with Crippen LogP contribution in [0.2, 0.25) is 15.1 Å². The van der Waals surface area contributed by atoms with Crippen LogP contribution >= 0.6 is 34.8 Å². The zero-order chi connectivity index (χ0) is 18.8.